The fraction of sp³-hybridized carbons (Fsp3) is 0.455. The van der Waals surface area contributed by atoms with Gasteiger partial charge in [0.1, 0.15) is 0 Å². The molecular weight excluding hydrogens is 242 g/mol. The third-order valence-electron chi connectivity index (χ3n) is 2.22. The van der Waals surface area contributed by atoms with Crippen LogP contribution in [0.15, 0.2) is 22.7 Å². The molecule has 2 nitrogen and oxygen atoms in total. The van der Waals surface area contributed by atoms with Gasteiger partial charge in [0.15, 0.2) is 0 Å². The molecule has 0 aromatic heterocycles. The maximum Gasteiger partial charge on any atom is 0.0626 e. The Labute approximate surface area is 93.5 Å². The minimum Gasteiger partial charge on any atom is -0.394 e. The van der Waals surface area contributed by atoms with Gasteiger partial charge in [-0.3, -0.25) is 0 Å². The topological polar surface area (TPSA) is 32.3 Å². The second-order valence-corrected chi connectivity index (χ2v) is 4.16. The number of likely N-dealkylation sites (N-methyl/N-ethyl adjacent to an activating group) is 1. The molecular formula is C11H16BrNO. The van der Waals surface area contributed by atoms with Crippen LogP contribution in [-0.2, 0) is 0 Å². The molecule has 1 aromatic carbocycles. The summed E-state index contributed by atoms with van der Waals surface area (Å²) in [5.74, 6) is 0. The summed E-state index contributed by atoms with van der Waals surface area (Å²) in [6.45, 7) is 5.08. The molecule has 3 heteroatoms. The van der Waals surface area contributed by atoms with Crippen molar-refractivity contribution in [3.05, 3.63) is 33.8 Å². The predicted molar refractivity (Wildman–Crippen MR) is 62.4 cm³/mol. The van der Waals surface area contributed by atoms with Gasteiger partial charge in [-0.05, 0) is 30.7 Å². The van der Waals surface area contributed by atoms with E-state index in [0.717, 1.165) is 16.6 Å². The van der Waals surface area contributed by atoms with Gasteiger partial charge in [0.25, 0.3) is 0 Å². The molecule has 0 radical (unpaired) electrons. The number of aliphatic hydroxyl groups excluding tert-OH is 1. The van der Waals surface area contributed by atoms with Gasteiger partial charge in [-0.1, -0.05) is 35.0 Å². The first-order valence-corrected chi connectivity index (χ1v) is 5.58. The van der Waals surface area contributed by atoms with E-state index in [-0.39, 0.29) is 12.6 Å². The molecule has 2 N–H and O–H groups in total. The Bertz CT molecular complexity index is 301. The van der Waals surface area contributed by atoms with Crippen molar-refractivity contribution in [1.29, 1.82) is 0 Å². The lowest BCUT2D eigenvalue weighted by molar-refractivity contribution is 0.246. The smallest absolute Gasteiger partial charge is 0.0626 e. The second-order valence-electron chi connectivity index (χ2n) is 3.30. The van der Waals surface area contributed by atoms with Crippen molar-refractivity contribution in [3.8, 4) is 0 Å². The van der Waals surface area contributed by atoms with E-state index in [0.29, 0.717) is 0 Å². The quantitative estimate of drug-likeness (QED) is 0.869. The third-order valence-corrected chi connectivity index (χ3v) is 3.11. The van der Waals surface area contributed by atoms with Crippen LogP contribution in [0.4, 0.5) is 0 Å². The molecule has 1 rings (SSSR count). The van der Waals surface area contributed by atoms with Crippen LogP contribution in [0.1, 0.15) is 24.1 Å². The van der Waals surface area contributed by atoms with Crippen LogP contribution >= 0.6 is 15.9 Å². The van der Waals surface area contributed by atoms with Gasteiger partial charge in [0, 0.05) is 4.47 Å². The van der Waals surface area contributed by atoms with Crippen molar-refractivity contribution in [2.24, 2.45) is 0 Å². The lowest BCUT2D eigenvalue weighted by Crippen LogP contribution is -2.23. The van der Waals surface area contributed by atoms with Crippen molar-refractivity contribution in [2.75, 3.05) is 13.2 Å². The number of hydrogen-bond donors (Lipinski definition) is 2. The fourth-order valence-corrected chi connectivity index (χ4v) is 1.67. The minimum absolute atomic E-state index is 0.0480. The highest BCUT2D eigenvalue weighted by Crippen LogP contribution is 2.20. The van der Waals surface area contributed by atoms with Crippen LogP contribution in [0.2, 0.25) is 0 Å². The maximum atomic E-state index is 9.20. The van der Waals surface area contributed by atoms with Gasteiger partial charge in [-0.2, -0.15) is 0 Å². The normalized spacial score (nSPS) is 12.9. The highest BCUT2D eigenvalue weighted by Gasteiger charge is 2.09. The first kappa shape index (κ1) is 11.7. The Kier molecular flexibility index (Phi) is 4.58. The van der Waals surface area contributed by atoms with E-state index in [9.17, 15) is 5.11 Å². The van der Waals surface area contributed by atoms with Crippen LogP contribution in [0.5, 0.6) is 0 Å². The second kappa shape index (κ2) is 5.49. The SMILES string of the molecule is CCNC(CO)c1ccc(Br)c(C)c1. The molecule has 0 saturated heterocycles. The molecule has 0 saturated carbocycles. The molecule has 0 fully saturated rings. The van der Waals surface area contributed by atoms with Crippen LogP contribution in [-0.4, -0.2) is 18.3 Å². The molecule has 0 heterocycles. The zero-order chi connectivity index (χ0) is 10.6. The van der Waals surface area contributed by atoms with E-state index in [1.54, 1.807) is 0 Å². The average molecular weight is 258 g/mol. The molecule has 0 aliphatic heterocycles. The van der Waals surface area contributed by atoms with Crippen LogP contribution in [0, 0.1) is 6.92 Å². The number of aryl methyl sites for hydroxylation is 1. The van der Waals surface area contributed by atoms with Gasteiger partial charge in [0.05, 0.1) is 12.6 Å². The molecule has 0 spiro atoms. The zero-order valence-electron chi connectivity index (χ0n) is 8.55. The van der Waals surface area contributed by atoms with Gasteiger partial charge in [-0.25, -0.2) is 0 Å². The first-order chi connectivity index (χ1) is 6.69. The molecule has 14 heavy (non-hydrogen) atoms. The highest BCUT2D eigenvalue weighted by atomic mass is 79.9. The average Bonchev–Trinajstić information content (AvgIpc) is 2.19. The molecule has 78 valence electrons. The summed E-state index contributed by atoms with van der Waals surface area (Å²) in [6.07, 6.45) is 0. The van der Waals surface area contributed by atoms with E-state index in [2.05, 4.69) is 27.3 Å². The number of benzene rings is 1. The standard InChI is InChI=1S/C11H16BrNO/c1-3-13-11(7-14)9-4-5-10(12)8(2)6-9/h4-6,11,13-14H,3,7H2,1-2H3. The summed E-state index contributed by atoms with van der Waals surface area (Å²) in [4.78, 5) is 0. The minimum atomic E-state index is 0.0480. The molecule has 0 aliphatic carbocycles. The Hall–Kier alpha value is -0.380. The highest BCUT2D eigenvalue weighted by molar-refractivity contribution is 9.10. The molecule has 0 bridgehead atoms. The van der Waals surface area contributed by atoms with Crippen LogP contribution in [0.25, 0.3) is 0 Å². The lowest BCUT2D eigenvalue weighted by Gasteiger charge is -2.16. The maximum absolute atomic E-state index is 9.20. The first-order valence-electron chi connectivity index (χ1n) is 4.79. The van der Waals surface area contributed by atoms with Crippen molar-refractivity contribution in [3.63, 3.8) is 0 Å². The Morgan fingerprint density at radius 3 is 2.71 bits per heavy atom. The van der Waals surface area contributed by atoms with Crippen molar-refractivity contribution in [1.82, 2.24) is 5.32 Å². The number of aliphatic hydroxyl groups is 1. The summed E-state index contributed by atoms with van der Waals surface area (Å²) in [7, 11) is 0. The summed E-state index contributed by atoms with van der Waals surface area (Å²) in [5, 5.41) is 12.4. The Morgan fingerprint density at radius 1 is 1.50 bits per heavy atom. The number of rotatable bonds is 4. The molecule has 1 unspecified atom stereocenters. The number of hydrogen-bond acceptors (Lipinski definition) is 2. The van der Waals surface area contributed by atoms with Gasteiger partial charge < -0.3 is 10.4 Å². The van der Waals surface area contributed by atoms with E-state index in [1.165, 1.54) is 5.56 Å². The van der Waals surface area contributed by atoms with E-state index in [1.807, 2.05) is 26.0 Å². The van der Waals surface area contributed by atoms with Crippen molar-refractivity contribution < 1.29 is 5.11 Å². The fourth-order valence-electron chi connectivity index (χ4n) is 1.42. The number of nitrogens with one attached hydrogen (secondary N) is 1. The Balaban J connectivity index is 2.88. The summed E-state index contributed by atoms with van der Waals surface area (Å²) in [5.41, 5.74) is 2.33. The predicted octanol–water partition coefficient (Wildman–Crippen LogP) is 2.40. The summed E-state index contributed by atoms with van der Waals surface area (Å²) >= 11 is 3.46. The van der Waals surface area contributed by atoms with Crippen molar-refractivity contribution >= 4 is 15.9 Å². The summed E-state index contributed by atoms with van der Waals surface area (Å²) < 4.78 is 1.11. The van der Waals surface area contributed by atoms with Crippen LogP contribution < -0.4 is 5.32 Å². The summed E-state index contributed by atoms with van der Waals surface area (Å²) in [6, 6.07) is 6.19. The van der Waals surface area contributed by atoms with Gasteiger partial charge in [0.2, 0.25) is 0 Å². The van der Waals surface area contributed by atoms with Gasteiger partial charge >= 0.3 is 0 Å². The molecule has 0 amide bonds. The zero-order valence-corrected chi connectivity index (χ0v) is 10.1. The number of halogens is 1. The monoisotopic (exact) mass is 257 g/mol. The molecule has 1 aromatic rings. The van der Waals surface area contributed by atoms with E-state index < -0.39 is 0 Å². The lowest BCUT2D eigenvalue weighted by atomic mass is 10.1. The Morgan fingerprint density at radius 2 is 2.21 bits per heavy atom. The molecule has 0 aliphatic rings. The largest absolute Gasteiger partial charge is 0.394 e. The van der Waals surface area contributed by atoms with E-state index >= 15 is 0 Å². The van der Waals surface area contributed by atoms with Crippen LogP contribution in [0.3, 0.4) is 0 Å². The molecule has 1 atom stereocenters. The van der Waals surface area contributed by atoms with Gasteiger partial charge in [-0.15, -0.1) is 0 Å². The van der Waals surface area contributed by atoms with Crippen molar-refractivity contribution in [2.45, 2.75) is 19.9 Å². The third kappa shape index (κ3) is 2.80. The van der Waals surface area contributed by atoms with E-state index in [4.69, 9.17) is 0 Å².